The molecular formula is C7H9NO4. The molecule has 0 aromatic heterocycles. The Morgan fingerprint density at radius 2 is 2.42 bits per heavy atom. The highest BCUT2D eigenvalue weighted by molar-refractivity contribution is 5.70. The number of nitrogens with zero attached hydrogens (tertiary/aromatic N) is 1. The highest BCUT2D eigenvalue weighted by Gasteiger charge is 2.57. The van der Waals surface area contributed by atoms with Gasteiger partial charge in [0.25, 0.3) is 0 Å². The summed E-state index contributed by atoms with van der Waals surface area (Å²) >= 11 is 0. The van der Waals surface area contributed by atoms with Gasteiger partial charge in [0.1, 0.15) is 24.9 Å². The largest absolute Gasteiger partial charge is 0.447 e. The molecule has 0 unspecified atom stereocenters. The zero-order valence-electron chi connectivity index (χ0n) is 6.34. The average Bonchev–Trinajstić information content (AvgIpc) is 2.73. The molecule has 4 atom stereocenters. The van der Waals surface area contributed by atoms with E-state index in [0.29, 0.717) is 13.2 Å². The Labute approximate surface area is 68.9 Å². The SMILES string of the molecule is O=C1OC[C@@H]2[C@@H](O)[C@H]3O[C@H]3CN12. The Kier molecular flexibility index (Phi) is 1.07. The van der Waals surface area contributed by atoms with Crippen LogP contribution in [0, 0.1) is 0 Å². The maximum absolute atomic E-state index is 11.1. The molecule has 3 aliphatic heterocycles. The Morgan fingerprint density at radius 1 is 1.58 bits per heavy atom. The van der Waals surface area contributed by atoms with Crippen LogP contribution in [0.2, 0.25) is 0 Å². The van der Waals surface area contributed by atoms with E-state index in [4.69, 9.17) is 9.47 Å². The summed E-state index contributed by atoms with van der Waals surface area (Å²) in [6.07, 6.45) is -0.897. The minimum absolute atomic E-state index is 0.0434. The predicted molar refractivity (Wildman–Crippen MR) is 36.5 cm³/mol. The van der Waals surface area contributed by atoms with E-state index in [0.717, 1.165) is 0 Å². The molecule has 3 rings (SSSR count). The lowest BCUT2D eigenvalue weighted by Gasteiger charge is -2.27. The molecule has 0 saturated carbocycles. The van der Waals surface area contributed by atoms with Gasteiger partial charge >= 0.3 is 6.09 Å². The number of fused-ring (bicyclic) bond motifs is 2. The van der Waals surface area contributed by atoms with Crippen molar-refractivity contribution in [2.45, 2.75) is 24.4 Å². The maximum atomic E-state index is 11.1. The smallest absolute Gasteiger partial charge is 0.410 e. The van der Waals surface area contributed by atoms with Crippen molar-refractivity contribution in [3.63, 3.8) is 0 Å². The van der Waals surface area contributed by atoms with E-state index < -0.39 is 6.10 Å². The zero-order valence-corrected chi connectivity index (χ0v) is 6.34. The molecule has 5 nitrogen and oxygen atoms in total. The fraction of sp³-hybridized carbons (Fsp3) is 0.857. The van der Waals surface area contributed by atoms with E-state index in [1.165, 1.54) is 0 Å². The summed E-state index contributed by atoms with van der Waals surface area (Å²) in [5, 5.41) is 9.61. The molecule has 0 aromatic carbocycles. The number of carbonyl (C=O) groups is 1. The van der Waals surface area contributed by atoms with Crippen molar-refractivity contribution >= 4 is 6.09 Å². The van der Waals surface area contributed by atoms with E-state index in [1.54, 1.807) is 4.90 Å². The van der Waals surface area contributed by atoms with Gasteiger partial charge in [0.2, 0.25) is 0 Å². The van der Waals surface area contributed by atoms with Crippen LogP contribution in [-0.4, -0.2) is 53.6 Å². The van der Waals surface area contributed by atoms with E-state index in [9.17, 15) is 9.90 Å². The second kappa shape index (κ2) is 1.92. The third kappa shape index (κ3) is 0.676. The summed E-state index contributed by atoms with van der Waals surface area (Å²) < 4.78 is 9.99. The number of aliphatic hydroxyl groups excluding tert-OH is 1. The van der Waals surface area contributed by atoms with Gasteiger partial charge in [-0.3, -0.25) is 4.90 Å². The van der Waals surface area contributed by atoms with Crippen LogP contribution in [0.4, 0.5) is 4.79 Å². The van der Waals surface area contributed by atoms with E-state index in [-0.39, 0.29) is 24.3 Å². The van der Waals surface area contributed by atoms with Gasteiger partial charge in [-0.15, -0.1) is 0 Å². The van der Waals surface area contributed by atoms with Gasteiger partial charge in [-0.05, 0) is 0 Å². The molecule has 3 heterocycles. The lowest BCUT2D eigenvalue weighted by molar-refractivity contribution is 0.0585. The summed E-state index contributed by atoms with van der Waals surface area (Å²) in [7, 11) is 0. The van der Waals surface area contributed by atoms with Gasteiger partial charge in [-0.1, -0.05) is 0 Å². The Balaban J connectivity index is 1.88. The number of rotatable bonds is 0. The van der Waals surface area contributed by atoms with Crippen LogP contribution < -0.4 is 0 Å². The zero-order chi connectivity index (χ0) is 8.29. The predicted octanol–water partition coefficient (Wildman–Crippen LogP) is -1.05. The van der Waals surface area contributed by atoms with Crippen molar-refractivity contribution in [2.24, 2.45) is 0 Å². The number of hydrogen-bond acceptors (Lipinski definition) is 4. The fourth-order valence-corrected chi connectivity index (χ4v) is 1.97. The van der Waals surface area contributed by atoms with E-state index >= 15 is 0 Å². The van der Waals surface area contributed by atoms with Gasteiger partial charge < -0.3 is 14.6 Å². The summed E-state index contributed by atoms with van der Waals surface area (Å²) in [6, 6.07) is -0.179. The molecule has 0 aliphatic carbocycles. The highest BCUT2D eigenvalue weighted by atomic mass is 16.6. The van der Waals surface area contributed by atoms with Gasteiger partial charge in [0.15, 0.2) is 0 Å². The summed E-state index contributed by atoms with van der Waals surface area (Å²) in [4.78, 5) is 12.6. The topological polar surface area (TPSA) is 62.3 Å². The molecule has 0 aromatic rings. The third-order valence-corrected chi connectivity index (χ3v) is 2.74. The van der Waals surface area contributed by atoms with Gasteiger partial charge in [0, 0.05) is 0 Å². The Bertz CT molecular complexity index is 244. The first-order chi connectivity index (χ1) is 5.77. The van der Waals surface area contributed by atoms with Crippen molar-refractivity contribution in [3.8, 4) is 0 Å². The molecule has 1 N–H and O–H groups in total. The standard InChI is InChI=1S/C7H9NO4/c9-5-3-2-11-7(10)8(3)1-4-6(5)12-4/h3-6,9H,1-2H2/t3-,4+,5-,6+/m1/s1. The molecule has 5 heteroatoms. The number of piperidine rings is 1. The summed E-state index contributed by atoms with van der Waals surface area (Å²) in [5.74, 6) is 0. The van der Waals surface area contributed by atoms with Gasteiger partial charge in [-0.25, -0.2) is 4.79 Å². The van der Waals surface area contributed by atoms with Crippen molar-refractivity contribution < 1.29 is 19.4 Å². The Morgan fingerprint density at radius 3 is 3.25 bits per heavy atom. The molecular weight excluding hydrogens is 162 g/mol. The second-order valence-electron chi connectivity index (χ2n) is 3.43. The van der Waals surface area contributed by atoms with Crippen LogP contribution in [0.1, 0.15) is 0 Å². The second-order valence-corrected chi connectivity index (χ2v) is 3.43. The summed E-state index contributed by atoms with van der Waals surface area (Å²) in [5.41, 5.74) is 0. The monoisotopic (exact) mass is 171 g/mol. The number of epoxide rings is 1. The first kappa shape index (κ1) is 6.68. The highest BCUT2D eigenvalue weighted by Crippen LogP contribution is 2.36. The van der Waals surface area contributed by atoms with E-state index in [2.05, 4.69) is 0 Å². The maximum Gasteiger partial charge on any atom is 0.410 e. The van der Waals surface area contributed by atoms with Crippen LogP contribution in [0.3, 0.4) is 0 Å². The number of aliphatic hydroxyl groups is 1. The van der Waals surface area contributed by atoms with Gasteiger partial charge in [-0.2, -0.15) is 0 Å². The minimum atomic E-state index is -0.560. The van der Waals surface area contributed by atoms with Gasteiger partial charge in [0.05, 0.1) is 12.6 Å². The number of cyclic esters (lactones) is 1. The van der Waals surface area contributed by atoms with Crippen molar-refractivity contribution in [2.75, 3.05) is 13.2 Å². The van der Waals surface area contributed by atoms with Crippen LogP contribution in [0.25, 0.3) is 0 Å². The lowest BCUT2D eigenvalue weighted by Crippen LogP contribution is -2.50. The average molecular weight is 171 g/mol. The minimum Gasteiger partial charge on any atom is -0.447 e. The van der Waals surface area contributed by atoms with Crippen molar-refractivity contribution in [1.82, 2.24) is 4.90 Å². The molecule has 0 bridgehead atoms. The third-order valence-electron chi connectivity index (χ3n) is 2.74. The first-order valence-corrected chi connectivity index (χ1v) is 4.04. The first-order valence-electron chi connectivity index (χ1n) is 4.04. The van der Waals surface area contributed by atoms with Crippen molar-refractivity contribution in [1.29, 1.82) is 0 Å². The Hall–Kier alpha value is -0.810. The van der Waals surface area contributed by atoms with Crippen LogP contribution in [0.5, 0.6) is 0 Å². The van der Waals surface area contributed by atoms with Crippen molar-refractivity contribution in [3.05, 3.63) is 0 Å². The molecule has 66 valence electrons. The number of ether oxygens (including phenoxy) is 2. The molecule has 0 radical (unpaired) electrons. The molecule has 1 amide bonds. The van der Waals surface area contributed by atoms with Crippen LogP contribution in [0.15, 0.2) is 0 Å². The molecule has 3 fully saturated rings. The van der Waals surface area contributed by atoms with E-state index in [1.807, 2.05) is 0 Å². The quantitative estimate of drug-likeness (QED) is 0.472. The summed E-state index contributed by atoms with van der Waals surface area (Å²) in [6.45, 7) is 0.873. The molecule has 3 saturated heterocycles. The van der Waals surface area contributed by atoms with Crippen LogP contribution in [-0.2, 0) is 9.47 Å². The number of amides is 1. The lowest BCUT2D eigenvalue weighted by atomic mass is 10.0. The molecule has 0 spiro atoms. The molecule has 3 aliphatic rings. The fourth-order valence-electron chi connectivity index (χ4n) is 1.97. The number of hydrogen-bond donors (Lipinski definition) is 1. The number of carbonyl (C=O) groups excluding carboxylic acids is 1. The normalized spacial score (nSPS) is 49.8. The van der Waals surface area contributed by atoms with Crippen LogP contribution >= 0.6 is 0 Å². The molecule has 12 heavy (non-hydrogen) atoms.